The molecular weight excluding hydrogens is 238 g/mol. The molecule has 0 amide bonds. The molecule has 16 heavy (non-hydrogen) atoms. The first-order valence-corrected chi connectivity index (χ1v) is 3.92. The van der Waals surface area contributed by atoms with Gasteiger partial charge in [0.25, 0.3) is 0 Å². The summed E-state index contributed by atoms with van der Waals surface area (Å²) in [5.74, 6) is 4.74. The zero-order valence-electron chi connectivity index (χ0n) is 7.58. The van der Waals surface area contributed by atoms with Crippen LogP contribution in [-0.4, -0.2) is 0 Å². The Morgan fingerprint density at radius 3 is 1.88 bits per heavy atom. The zero-order valence-corrected chi connectivity index (χ0v) is 7.58. The van der Waals surface area contributed by atoms with Crippen molar-refractivity contribution in [2.75, 3.05) is 5.43 Å². The van der Waals surface area contributed by atoms with E-state index in [0.717, 1.165) is 12.1 Å². The predicted octanol–water partition coefficient (Wildman–Crippen LogP) is 3.01. The Balaban J connectivity index is 3.51. The Kier molecular flexibility index (Phi) is 3.04. The molecule has 0 heterocycles. The Labute approximate surface area is 86.0 Å². The molecule has 0 spiro atoms. The van der Waals surface area contributed by atoms with Crippen molar-refractivity contribution in [3.63, 3.8) is 0 Å². The molecule has 1 aromatic rings. The smallest absolute Gasteiger partial charge is 0.324 e. The van der Waals surface area contributed by atoms with Crippen LogP contribution in [0.1, 0.15) is 11.1 Å². The summed E-state index contributed by atoms with van der Waals surface area (Å²) in [6, 6.07) is 2.01. The second kappa shape index (κ2) is 3.85. The Morgan fingerprint density at radius 2 is 1.50 bits per heavy atom. The van der Waals surface area contributed by atoms with Crippen molar-refractivity contribution < 1.29 is 26.3 Å². The molecule has 0 fully saturated rings. The van der Waals surface area contributed by atoms with Crippen LogP contribution in [0.4, 0.5) is 32.0 Å². The fraction of sp³-hybridized carbons (Fsp3) is 0.250. The van der Waals surface area contributed by atoms with Crippen LogP contribution in [0.2, 0.25) is 0 Å². The third kappa shape index (κ3) is 2.38. The second-order valence-electron chi connectivity index (χ2n) is 2.87. The van der Waals surface area contributed by atoms with Crippen LogP contribution < -0.4 is 11.3 Å². The van der Waals surface area contributed by atoms with Crippen LogP contribution in [0.25, 0.3) is 0 Å². The molecule has 0 saturated heterocycles. The van der Waals surface area contributed by atoms with Crippen LogP contribution in [0.5, 0.6) is 0 Å². The molecule has 1 aromatic carbocycles. The molecule has 90 valence electrons. The van der Waals surface area contributed by atoms with E-state index in [1.54, 1.807) is 5.43 Å². The van der Waals surface area contributed by atoms with Gasteiger partial charge in [0.15, 0.2) is 0 Å². The number of benzene rings is 1. The summed E-state index contributed by atoms with van der Waals surface area (Å²) < 4.78 is 74.3. The topological polar surface area (TPSA) is 38.0 Å². The van der Waals surface area contributed by atoms with Crippen molar-refractivity contribution in [3.8, 4) is 0 Å². The number of nitrogens with two attached hydrogens (primary N) is 1. The number of hydrazine groups is 1. The fourth-order valence-corrected chi connectivity index (χ4v) is 1.21. The van der Waals surface area contributed by atoms with E-state index in [4.69, 9.17) is 5.84 Å². The fourth-order valence-electron chi connectivity index (χ4n) is 1.21. The number of halogens is 6. The van der Waals surface area contributed by atoms with Gasteiger partial charge in [-0.15, -0.1) is 0 Å². The summed E-state index contributed by atoms with van der Waals surface area (Å²) in [4.78, 5) is 0. The van der Waals surface area contributed by atoms with Crippen LogP contribution in [0.3, 0.4) is 0 Å². The lowest BCUT2D eigenvalue weighted by Gasteiger charge is -2.18. The van der Waals surface area contributed by atoms with E-state index >= 15 is 0 Å². The van der Waals surface area contributed by atoms with Crippen molar-refractivity contribution in [3.05, 3.63) is 29.3 Å². The van der Waals surface area contributed by atoms with Gasteiger partial charge in [-0.05, 0) is 12.1 Å². The lowest BCUT2D eigenvalue weighted by molar-refractivity contribution is -0.161. The summed E-state index contributed by atoms with van der Waals surface area (Å²) >= 11 is 0. The highest BCUT2D eigenvalue weighted by molar-refractivity contribution is 5.56. The summed E-state index contributed by atoms with van der Waals surface area (Å²) in [6.45, 7) is 0. The maximum atomic E-state index is 12.4. The standard InChI is InChI=1S/C8H6F6N2/c9-7(10,11)4-2-1-3-5(16-15)6(4)8(12,13)14/h1-3,16H,15H2. The second-order valence-corrected chi connectivity index (χ2v) is 2.87. The van der Waals surface area contributed by atoms with E-state index in [1.807, 2.05) is 0 Å². The van der Waals surface area contributed by atoms with Gasteiger partial charge in [0.05, 0.1) is 16.8 Å². The van der Waals surface area contributed by atoms with Crippen molar-refractivity contribution in [2.45, 2.75) is 12.4 Å². The van der Waals surface area contributed by atoms with E-state index in [2.05, 4.69) is 0 Å². The van der Waals surface area contributed by atoms with E-state index in [-0.39, 0.29) is 0 Å². The first-order valence-electron chi connectivity index (χ1n) is 3.92. The van der Waals surface area contributed by atoms with Crippen molar-refractivity contribution in [1.29, 1.82) is 0 Å². The predicted molar refractivity (Wildman–Crippen MR) is 44.3 cm³/mol. The number of hydrogen-bond donors (Lipinski definition) is 2. The van der Waals surface area contributed by atoms with Gasteiger partial charge in [-0.3, -0.25) is 5.84 Å². The van der Waals surface area contributed by atoms with Gasteiger partial charge in [-0.1, -0.05) is 6.07 Å². The van der Waals surface area contributed by atoms with E-state index in [0.29, 0.717) is 6.07 Å². The maximum Gasteiger partial charge on any atom is 0.419 e. The van der Waals surface area contributed by atoms with Crippen molar-refractivity contribution in [2.24, 2.45) is 5.84 Å². The lowest BCUT2D eigenvalue weighted by Crippen LogP contribution is -2.20. The minimum absolute atomic E-state index is 0.351. The molecule has 0 radical (unpaired) electrons. The number of alkyl halides is 6. The number of nitrogen functional groups attached to an aromatic ring is 1. The first kappa shape index (κ1) is 12.6. The molecule has 0 aliphatic carbocycles. The summed E-state index contributed by atoms with van der Waals surface area (Å²) in [7, 11) is 0. The largest absolute Gasteiger partial charge is 0.419 e. The number of nitrogens with one attached hydrogen (secondary N) is 1. The minimum atomic E-state index is -5.13. The van der Waals surface area contributed by atoms with Gasteiger partial charge < -0.3 is 5.43 Å². The van der Waals surface area contributed by atoms with E-state index in [9.17, 15) is 26.3 Å². The Hall–Kier alpha value is -1.44. The van der Waals surface area contributed by atoms with E-state index < -0.39 is 29.2 Å². The molecular formula is C8H6F6N2. The van der Waals surface area contributed by atoms with Crippen LogP contribution in [0.15, 0.2) is 18.2 Å². The highest BCUT2D eigenvalue weighted by Gasteiger charge is 2.44. The quantitative estimate of drug-likeness (QED) is 0.452. The SMILES string of the molecule is NNc1cccc(C(F)(F)F)c1C(F)(F)F. The Bertz CT molecular complexity index is 381. The highest BCUT2D eigenvalue weighted by Crippen LogP contribution is 2.43. The number of rotatable bonds is 1. The number of anilines is 1. The third-order valence-corrected chi connectivity index (χ3v) is 1.81. The average Bonchev–Trinajstić information content (AvgIpc) is 2.13. The van der Waals surface area contributed by atoms with Crippen molar-refractivity contribution >= 4 is 5.69 Å². The first-order chi connectivity index (χ1) is 7.18. The molecule has 0 bridgehead atoms. The molecule has 0 aliphatic heterocycles. The molecule has 0 aliphatic rings. The molecule has 0 aromatic heterocycles. The lowest BCUT2D eigenvalue weighted by atomic mass is 10.0. The van der Waals surface area contributed by atoms with E-state index in [1.165, 1.54) is 0 Å². The summed E-state index contributed by atoms with van der Waals surface area (Å²) in [6.07, 6.45) is -10.2. The minimum Gasteiger partial charge on any atom is -0.324 e. The molecule has 3 N–H and O–H groups in total. The zero-order chi connectivity index (χ0) is 12.6. The van der Waals surface area contributed by atoms with Gasteiger partial charge in [0.1, 0.15) is 0 Å². The normalized spacial score (nSPS) is 12.7. The van der Waals surface area contributed by atoms with Gasteiger partial charge in [-0.2, -0.15) is 26.3 Å². The van der Waals surface area contributed by atoms with Gasteiger partial charge in [0, 0.05) is 0 Å². The molecule has 0 saturated carbocycles. The maximum absolute atomic E-state index is 12.4. The van der Waals surface area contributed by atoms with Crippen LogP contribution >= 0.6 is 0 Å². The van der Waals surface area contributed by atoms with Gasteiger partial charge in [0.2, 0.25) is 0 Å². The summed E-state index contributed by atoms with van der Waals surface area (Å²) in [5, 5.41) is 0. The van der Waals surface area contributed by atoms with Gasteiger partial charge >= 0.3 is 12.4 Å². The van der Waals surface area contributed by atoms with Crippen LogP contribution in [0, 0.1) is 0 Å². The average molecular weight is 244 g/mol. The molecule has 1 rings (SSSR count). The van der Waals surface area contributed by atoms with Gasteiger partial charge in [-0.25, -0.2) is 0 Å². The molecule has 0 unspecified atom stereocenters. The number of hydrogen-bond acceptors (Lipinski definition) is 2. The third-order valence-electron chi connectivity index (χ3n) is 1.81. The molecule has 2 nitrogen and oxygen atoms in total. The van der Waals surface area contributed by atoms with Crippen molar-refractivity contribution in [1.82, 2.24) is 0 Å². The van der Waals surface area contributed by atoms with Crippen LogP contribution in [-0.2, 0) is 12.4 Å². The Morgan fingerprint density at radius 1 is 0.938 bits per heavy atom. The molecule has 8 heteroatoms. The molecule has 0 atom stereocenters. The summed E-state index contributed by atoms with van der Waals surface area (Å²) in [5.41, 5.74) is -2.81. The monoisotopic (exact) mass is 244 g/mol. The highest BCUT2D eigenvalue weighted by atomic mass is 19.4.